The van der Waals surface area contributed by atoms with Gasteiger partial charge in [0, 0.05) is 12.6 Å². The monoisotopic (exact) mass is 203 g/mol. The summed E-state index contributed by atoms with van der Waals surface area (Å²) in [4.78, 5) is 8.54. The van der Waals surface area contributed by atoms with Crippen LogP contribution in [0.4, 0.5) is 0 Å². The number of rotatable bonds is 3. The van der Waals surface area contributed by atoms with Crippen LogP contribution in [0.3, 0.4) is 0 Å². The average Bonchev–Trinajstić information content (AvgIpc) is 2.63. The Morgan fingerprint density at radius 1 is 1.40 bits per heavy atom. The Kier molecular flexibility index (Phi) is 2.78. The van der Waals surface area contributed by atoms with Crippen LogP contribution in [-0.2, 0) is 6.42 Å². The minimum Gasteiger partial charge on any atom is -0.440 e. The first kappa shape index (κ1) is 9.86. The van der Waals surface area contributed by atoms with E-state index in [4.69, 9.17) is 10.2 Å². The number of aryl methyl sites for hydroxylation is 1. The van der Waals surface area contributed by atoms with Crippen molar-refractivity contribution in [2.45, 2.75) is 13.3 Å². The van der Waals surface area contributed by atoms with Crippen molar-refractivity contribution in [3.63, 3.8) is 0 Å². The molecule has 0 unspecified atom stereocenters. The summed E-state index contributed by atoms with van der Waals surface area (Å²) in [6.07, 6.45) is 2.46. The highest BCUT2D eigenvalue weighted by Crippen LogP contribution is 2.19. The number of hydrogen-bond acceptors (Lipinski definition) is 4. The fraction of sp³-hybridized carbons (Fsp3) is 0.273. The number of pyridine rings is 1. The predicted octanol–water partition coefficient (Wildman–Crippen LogP) is 1.55. The van der Waals surface area contributed by atoms with Gasteiger partial charge < -0.3 is 10.2 Å². The van der Waals surface area contributed by atoms with E-state index in [1.165, 1.54) is 0 Å². The van der Waals surface area contributed by atoms with Crippen molar-refractivity contribution in [3.8, 4) is 11.6 Å². The first-order valence-electron chi connectivity index (χ1n) is 4.89. The molecule has 0 fully saturated rings. The van der Waals surface area contributed by atoms with E-state index in [9.17, 15) is 0 Å². The van der Waals surface area contributed by atoms with Gasteiger partial charge in [-0.3, -0.25) is 4.98 Å². The molecule has 2 N–H and O–H groups in total. The Morgan fingerprint density at radius 2 is 2.27 bits per heavy atom. The molecule has 0 radical (unpaired) electrons. The van der Waals surface area contributed by atoms with Crippen LogP contribution in [0.25, 0.3) is 11.6 Å². The third kappa shape index (κ3) is 2.05. The Morgan fingerprint density at radius 3 is 2.93 bits per heavy atom. The topological polar surface area (TPSA) is 64.9 Å². The third-order valence-electron chi connectivity index (χ3n) is 2.16. The highest BCUT2D eigenvalue weighted by atomic mass is 16.4. The standard InChI is InChI=1S/C11H13N3O/c1-8-9(5-6-12)14-11(15-8)10-4-2-3-7-13-10/h2-4,7H,5-6,12H2,1H3. The van der Waals surface area contributed by atoms with E-state index in [1.807, 2.05) is 25.1 Å². The molecule has 0 aliphatic rings. The van der Waals surface area contributed by atoms with Crippen LogP contribution in [0.1, 0.15) is 11.5 Å². The van der Waals surface area contributed by atoms with E-state index in [-0.39, 0.29) is 0 Å². The molecule has 0 spiro atoms. The second-order valence-corrected chi connectivity index (χ2v) is 3.28. The zero-order valence-electron chi connectivity index (χ0n) is 8.60. The molecule has 0 atom stereocenters. The lowest BCUT2D eigenvalue weighted by Crippen LogP contribution is -2.03. The van der Waals surface area contributed by atoms with Crippen LogP contribution in [0.5, 0.6) is 0 Å². The van der Waals surface area contributed by atoms with Crippen molar-refractivity contribution in [3.05, 3.63) is 35.9 Å². The number of hydrogen-bond donors (Lipinski definition) is 1. The first-order chi connectivity index (χ1) is 7.31. The fourth-order valence-electron chi connectivity index (χ4n) is 1.40. The van der Waals surface area contributed by atoms with E-state index in [0.717, 1.165) is 23.6 Å². The van der Waals surface area contributed by atoms with Crippen LogP contribution >= 0.6 is 0 Å². The number of aromatic nitrogens is 2. The lowest BCUT2D eigenvalue weighted by molar-refractivity contribution is 0.537. The summed E-state index contributed by atoms with van der Waals surface area (Å²) < 4.78 is 5.52. The maximum Gasteiger partial charge on any atom is 0.245 e. The lowest BCUT2D eigenvalue weighted by atomic mass is 10.3. The van der Waals surface area contributed by atoms with Crippen molar-refractivity contribution in [2.75, 3.05) is 6.54 Å². The lowest BCUT2D eigenvalue weighted by Gasteiger charge is -1.91. The summed E-state index contributed by atoms with van der Waals surface area (Å²) in [5.41, 5.74) is 7.15. The summed E-state index contributed by atoms with van der Waals surface area (Å²) in [6.45, 7) is 2.47. The van der Waals surface area contributed by atoms with Crippen LogP contribution in [-0.4, -0.2) is 16.5 Å². The zero-order valence-corrected chi connectivity index (χ0v) is 8.60. The van der Waals surface area contributed by atoms with Gasteiger partial charge in [-0.25, -0.2) is 4.98 Å². The summed E-state index contributed by atoms with van der Waals surface area (Å²) in [5, 5.41) is 0. The molecule has 2 heterocycles. The second-order valence-electron chi connectivity index (χ2n) is 3.28. The molecule has 0 saturated carbocycles. The van der Waals surface area contributed by atoms with Gasteiger partial charge in [0.1, 0.15) is 11.5 Å². The van der Waals surface area contributed by atoms with Gasteiger partial charge in [0.15, 0.2) is 0 Å². The summed E-state index contributed by atoms with van der Waals surface area (Å²) in [5.74, 6) is 1.39. The number of nitrogens with two attached hydrogens (primary N) is 1. The van der Waals surface area contributed by atoms with E-state index < -0.39 is 0 Å². The van der Waals surface area contributed by atoms with Gasteiger partial charge in [-0.2, -0.15) is 0 Å². The van der Waals surface area contributed by atoms with Gasteiger partial charge in [0.25, 0.3) is 0 Å². The third-order valence-corrected chi connectivity index (χ3v) is 2.16. The van der Waals surface area contributed by atoms with Crippen molar-refractivity contribution >= 4 is 0 Å². The Labute approximate surface area is 88.2 Å². The van der Waals surface area contributed by atoms with Crippen molar-refractivity contribution in [1.29, 1.82) is 0 Å². The summed E-state index contributed by atoms with van der Waals surface area (Å²) >= 11 is 0. The molecule has 0 aliphatic carbocycles. The Bertz CT molecular complexity index is 436. The Hall–Kier alpha value is -1.68. The van der Waals surface area contributed by atoms with Crippen LogP contribution in [0, 0.1) is 6.92 Å². The van der Waals surface area contributed by atoms with Crippen molar-refractivity contribution < 1.29 is 4.42 Å². The molecule has 0 saturated heterocycles. The van der Waals surface area contributed by atoms with Crippen LogP contribution in [0.2, 0.25) is 0 Å². The molecule has 2 rings (SSSR count). The molecule has 2 aromatic heterocycles. The molecule has 15 heavy (non-hydrogen) atoms. The quantitative estimate of drug-likeness (QED) is 0.821. The first-order valence-corrected chi connectivity index (χ1v) is 4.89. The molecular formula is C11H13N3O. The maximum atomic E-state index is 5.52. The predicted molar refractivity (Wildman–Crippen MR) is 57.2 cm³/mol. The molecule has 2 aromatic rings. The van der Waals surface area contributed by atoms with Gasteiger partial charge in [-0.05, 0) is 25.6 Å². The molecule has 0 bridgehead atoms. The maximum absolute atomic E-state index is 5.52. The van der Waals surface area contributed by atoms with Gasteiger partial charge >= 0.3 is 0 Å². The largest absolute Gasteiger partial charge is 0.440 e. The Balaban J connectivity index is 2.34. The SMILES string of the molecule is Cc1oc(-c2ccccn2)nc1CCN. The molecule has 0 amide bonds. The second kappa shape index (κ2) is 4.23. The molecule has 4 heteroatoms. The molecule has 4 nitrogen and oxygen atoms in total. The van der Waals surface area contributed by atoms with Crippen LogP contribution < -0.4 is 5.73 Å². The van der Waals surface area contributed by atoms with E-state index in [0.29, 0.717) is 12.4 Å². The molecule has 0 aliphatic heterocycles. The smallest absolute Gasteiger partial charge is 0.245 e. The summed E-state index contributed by atoms with van der Waals surface area (Å²) in [7, 11) is 0. The summed E-state index contributed by atoms with van der Waals surface area (Å²) in [6, 6.07) is 5.64. The van der Waals surface area contributed by atoms with E-state index in [1.54, 1.807) is 6.20 Å². The van der Waals surface area contributed by atoms with Crippen molar-refractivity contribution in [2.24, 2.45) is 5.73 Å². The minimum absolute atomic E-state index is 0.566. The normalized spacial score (nSPS) is 10.5. The van der Waals surface area contributed by atoms with Gasteiger partial charge in [0.2, 0.25) is 5.89 Å². The highest BCUT2D eigenvalue weighted by molar-refractivity contribution is 5.46. The number of nitrogens with zero attached hydrogens (tertiary/aromatic N) is 2. The fourth-order valence-corrected chi connectivity index (χ4v) is 1.40. The van der Waals surface area contributed by atoms with E-state index >= 15 is 0 Å². The average molecular weight is 203 g/mol. The highest BCUT2D eigenvalue weighted by Gasteiger charge is 2.10. The van der Waals surface area contributed by atoms with Crippen LogP contribution in [0.15, 0.2) is 28.8 Å². The molecule has 0 aromatic carbocycles. The van der Waals surface area contributed by atoms with E-state index in [2.05, 4.69) is 9.97 Å². The van der Waals surface area contributed by atoms with Gasteiger partial charge in [-0.1, -0.05) is 6.07 Å². The zero-order chi connectivity index (χ0) is 10.7. The molecular weight excluding hydrogens is 190 g/mol. The molecule has 78 valence electrons. The van der Waals surface area contributed by atoms with Gasteiger partial charge in [0.05, 0.1) is 5.69 Å². The van der Waals surface area contributed by atoms with Crippen molar-refractivity contribution in [1.82, 2.24) is 9.97 Å². The minimum atomic E-state index is 0.566. The number of oxazole rings is 1. The van der Waals surface area contributed by atoms with Gasteiger partial charge in [-0.15, -0.1) is 0 Å².